The number of hydrogen-bond donors (Lipinski definition) is 2. The molecular weight excluding hydrogens is 408 g/mol. The molecule has 0 aromatic carbocycles. The lowest BCUT2D eigenvalue weighted by Crippen LogP contribution is -2.47. The van der Waals surface area contributed by atoms with E-state index in [1.54, 1.807) is 0 Å². The quantitative estimate of drug-likeness (QED) is 0.362. The molecule has 1 heterocycles. The van der Waals surface area contributed by atoms with Crippen LogP contribution in [0.25, 0.3) is 6.08 Å². The van der Waals surface area contributed by atoms with Crippen LogP contribution in [0.3, 0.4) is 0 Å². The van der Waals surface area contributed by atoms with Crippen molar-refractivity contribution in [3.8, 4) is 6.07 Å². The van der Waals surface area contributed by atoms with Crippen molar-refractivity contribution >= 4 is 24.0 Å². The second-order valence-corrected chi connectivity index (χ2v) is 8.82. The Morgan fingerprint density at radius 3 is 2.50 bits per heavy atom. The van der Waals surface area contributed by atoms with Crippen molar-refractivity contribution in [1.29, 1.82) is 5.26 Å². The maximum Gasteiger partial charge on any atom is 0.349 e. The number of carbonyl (C=O) groups is 3. The number of ether oxygens (including phenoxy) is 1. The number of amides is 3. The van der Waals surface area contributed by atoms with Gasteiger partial charge in [-0.2, -0.15) is 5.26 Å². The molecule has 3 amide bonds. The summed E-state index contributed by atoms with van der Waals surface area (Å²) in [5.41, 5.74) is 2.55. The first-order valence-corrected chi connectivity index (χ1v) is 11.2. The predicted molar refractivity (Wildman–Crippen MR) is 121 cm³/mol. The highest BCUT2D eigenvalue weighted by atomic mass is 16.5. The van der Waals surface area contributed by atoms with E-state index in [4.69, 9.17) is 4.74 Å². The summed E-state index contributed by atoms with van der Waals surface area (Å²) in [6.07, 6.45) is 5.17. The van der Waals surface area contributed by atoms with Gasteiger partial charge < -0.3 is 14.6 Å². The molecule has 0 saturated heterocycles. The molecule has 1 aliphatic rings. The van der Waals surface area contributed by atoms with E-state index in [-0.39, 0.29) is 11.6 Å². The second-order valence-electron chi connectivity index (χ2n) is 8.82. The fourth-order valence-electron chi connectivity index (χ4n) is 3.78. The average molecular weight is 443 g/mol. The van der Waals surface area contributed by atoms with Gasteiger partial charge in [0.1, 0.15) is 11.6 Å². The molecule has 0 radical (unpaired) electrons. The molecule has 1 atom stereocenters. The fourth-order valence-corrected chi connectivity index (χ4v) is 3.78. The predicted octanol–water partition coefficient (Wildman–Crippen LogP) is 3.76. The number of aromatic nitrogens is 1. The van der Waals surface area contributed by atoms with Crippen molar-refractivity contribution in [2.24, 2.45) is 5.92 Å². The molecule has 1 aromatic rings. The van der Waals surface area contributed by atoms with Gasteiger partial charge in [-0.1, -0.05) is 26.7 Å². The van der Waals surface area contributed by atoms with Gasteiger partial charge in [0.2, 0.25) is 0 Å². The third-order valence-electron chi connectivity index (χ3n) is 5.76. The first-order chi connectivity index (χ1) is 15.1. The van der Waals surface area contributed by atoms with Crippen LogP contribution in [0.1, 0.15) is 69.8 Å². The Hall–Kier alpha value is -3.08. The van der Waals surface area contributed by atoms with Crippen LogP contribution in [0.2, 0.25) is 0 Å². The zero-order chi connectivity index (χ0) is 23.8. The first kappa shape index (κ1) is 25.2. The van der Waals surface area contributed by atoms with Crippen LogP contribution in [-0.4, -0.2) is 34.6 Å². The SMILES string of the molecule is Cc1cc(/C=C(\C#N)C(=O)OC(C)C(=O)NC(=O)NC2CCCC2)c(C)n1CCC(C)C. The van der Waals surface area contributed by atoms with Crippen molar-refractivity contribution in [2.45, 2.75) is 85.4 Å². The zero-order valence-electron chi connectivity index (χ0n) is 19.7. The standard InChI is InChI=1S/C24H34N4O4/c1-15(2)10-11-28-16(3)12-19(17(28)4)13-20(14-25)23(30)32-18(5)22(29)27-24(31)26-21-8-6-7-9-21/h12-13,15,18,21H,6-11H2,1-5H3,(H2,26,27,29,31)/b20-13+. The molecule has 174 valence electrons. The number of rotatable bonds is 8. The van der Waals surface area contributed by atoms with Crippen molar-refractivity contribution in [1.82, 2.24) is 15.2 Å². The topological polar surface area (TPSA) is 113 Å². The summed E-state index contributed by atoms with van der Waals surface area (Å²) in [5.74, 6) is -1.08. The Bertz CT molecular complexity index is 917. The van der Waals surface area contributed by atoms with E-state index in [1.165, 1.54) is 13.0 Å². The van der Waals surface area contributed by atoms with Gasteiger partial charge in [0.05, 0.1) is 0 Å². The van der Waals surface area contributed by atoms with E-state index < -0.39 is 24.0 Å². The van der Waals surface area contributed by atoms with Crippen LogP contribution in [0.5, 0.6) is 0 Å². The summed E-state index contributed by atoms with van der Waals surface area (Å²) in [7, 11) is 0. The Labute approximate surface area is 190 Å². The van der Waals surface area contributed by atoms with Gasteiger partial charge in [-0.3, -0.25) is 10.1 Å². The minimum atomic E-state index is -1.22. The minimum Gasteiger partial charge on any atom is -0.448 e. The van der Waals surface area contributed by atoms with Crippen LogP contribution in [0.4, 0.5) is 4.79 Å². The molecule has 0 spiro atoms. The highest BCUT2D eigenvalue weighted by molar-refractivity contribution is 6.01. The summed E-state index contributed by atoms with van der Waals surface area (Å²) in [5, 5.41) is 14.4. The van der Waals surface area contributed by atoms with Gasteiger partial charge in [0.15, 0.2) is 6.10 Å². The molecule has 8 nitrogen and oxygen atoms in total. The van der Waals surface area contributed by atoms with E-state index >= 15 is 0 Å². The summed E-state index contributed by atoms with van der Waals surface area (Å²) in [4.78, 5) is 36.6. The molecule has 0 aliphatic heterocycles. The Kier molecular flexibility index (Phi) is 9.06. The number of esters is 1. The van der Waals surface area contributed by atoms with E-state index in [0.29, 0.717) is 5.92 Å². The monoisotopic (exact) mass is 442 g/mol. The summed E-state index contributed by atoms with van der Waals surface area (Å²) in [6, 6.07) is 3.24. The van der Waals surface area contributed by atoms with Crippen molar-refractivity contribution < 1.29 is 19.1 Å². The van der Waals surface area contributed by atoms with Crippen molar-refractivity contribution in [2.75, 3.05) is 0 Å². The molecule has 1 saturated carbocycles. The van der Waals surface area contributed by atoms with Gasteiger partial charge in [0, 0.05) is 24.0 Å². The van der Waals surface area contributed by atoms with Crippen LogP contribution in [0.15, 0.2) is 11.6 Å². The molecule has 1 unspecified atom stereocenters. The van der Waals surface area contributed by atoms with Crippen molar-refractivity contribution in [3.05, 3.63) is 28.6 Å². The Morgan fingerprint density at radius 1 is 1.25 bits per heavy atom. The number of nitrogens with zero attached hydrogens (tertiary/aromatic N) is 2. The van der Waals surface area contributed by atoms with E-state index in [0.717, 1.165) is 55.6 Å². The van der Waals surface area contributed by atoms with Gasteiger partial charge in [-0.15, -0.1) is 0 Å². The molecular formula is C24H34N4O4. The largest absolute Gasteiger partial charge is 0.448 e. The molecule has 2 rings (SSSR count). The number of carbonyl (C=O) groups excluding carboxylic acids is 3. The van der Waals surface area contributed by atoms with E-state index in [1.807, 2.05) is 26.0 Å². The number of imide groups is 1. The molecule has 1 aromatic heterocycles. The minimum absolute atomic E-state index is 0.0633. The molecule has 2 N–H and O–H groups in total. The Morgan fingerprint density at radius 2 is 1.91 bits per heavy atom. The summed E-state index contributed by atoms with van der Waals surface area (Å²) >= 11 is 0. The van der Waals surface area contributed by atoms with Gasteiger partial charge in [-0.25, -0.2) is 9.59 Å². The number of nitrogens with one attached hydrogen (secondary N) is 2. The smallest absolute Gasteiger partial charge is 0.349 e. The van der Waals surface area contributed by atoms with Crippen molar-refractivity contribution in [3.63, 3.8) is 0 Å². The highest BCUT2D eigenvalue weighted by Crippen LogP contribution is 2.20. The van der Waals surface area contributed by atoms with Gasteiger partial charge in [-0.05, 0) is 63.7 Å². The number of nitriles is 1. The highest BCUT2D eigenvalue weighted by Gasteiger charge is 2.24. The van der Waals surface area contributed by atoms with E-state index in [2.05, 4.69) is 29.0 Å². The lowest BCUT2D eigenvalue weighted by Gasteiger charge is -2.15. The zero-order valence-corrected chi connectivity index (χ0v) is 19.7. The summed E-state index contributed by atoms with van der Waals surface area (Å²) in [6.45, 7) is 10.5. The first-order valence-electron chi connectivity index (χ1n) is 11.2. The fraction of sp³-hybridized carbons (Fsp3) is 0.583. The normalized spacial score (nSPS) is 15.3. The molecule has 1 fully saturated rings. The number of hydrogen-bond acceptors (Lipinski definition) is 5. The second kappa shape index (κ2) is 11.5. The maximum absolute atomic E-state index is 12.5. The lowest BCUT2D eigenvalue weighted by molar-refractivity contribution is -0.150. The molecule has 8 heteroatoms. The number of urea groups is 1. The van der Waals surface area contributed by atoms with Gasteiger partial charge >= 0.3 is 12.0 Å². The van der Waals surface area contributed by atoms with Crippen LogP contribution >= 0.6 is 0 Å². The summed E-state index contributed by atoms with van der Waals surface area (Å²) < 4.78 is 7.29. The van der Waals surface area contributed by atoms with E-state index in [9.17, 15) is 19.6 Å². The third kappa shape index (κ3) is 6.98. The van der Waals surface area contributed by atoms with Gasteiger partial charge in [0.25, 0.3) is 5.91 Å². The molecule has 32 heavy (non-hydrogen) atoms. The number of aryl methyl sites for hydroxylation is 1. The van der Waals surface area contributed by atoms with Crippen LogP contribution in [0, 0.1) is 31.1 Å². The average Bonchev–Trinajstić information content (AvgIpc) is 3.31. The third-order valence-corrected chi connectivity index (χ3v) is 5.76. The van der Waals surface area contributed by atoms with Crippen LogP contribution in [-0.2, 0) is 20.9 Å². The maximum atomic E-state index is 12.5. The lowest BCUT2D eigenvalue weighted by atomic mass is 10.1. The van der Waals surface area contributed by atoms with Crippen LogP contribution < -0.4 is 10.6 Å². The molecule has 0 bridgehead atoms. The molecule has 1 aliphatic carbocycles. The Balaban J connectivity index is 2.00.